The molecule has 0 atom stereocenters. The first-order valence-electron chi connectivity index (χ1n) is 9.85. The van der Waals surface area contributed by atoms with Crippen LogP contribution < -0.4 is 20.5 Å². The summed E-state index contributed by atoms with van der Waals surface area (Å²) in [5.74, 6) is 1.51. The molecule has 0 fully saturated rings. The highest BCUT2D eigenvalue weighted by Gasteiger charge is 2.18. The maximum absolute atomic E-state index is 13.3. The Kier molecular flexibility index (Phi) is 5.84. The molecule has 7 nitrogen and oxygen atoms in total. The lowest BCUT2D eigenvalue weighted by atomic mass is 9.80. The molecule has 31 heavy (non-hydrogen) atoms. The lowest BCUT2D eigenvalue weighted by molar-refractivity contribution is 0.414. The summed E-state index contributed by atoms with van der Waals surface area (Å²) in [5.41, 5.74) is 2.76. The second-order valence-electron chi connectivity index (χ2n) is 7.27. The summed E-state index contributed by atoms with van der Waals surface area (Å²) >= 11 is 0. The maximum Gasteiger partial charge on any atom is 0.488 e. The first-order valence-corrected chi connectivity index (χ1v) is 9.85. The van der Waals surface area contributed by atoms with Crippen LogP contribution in [0.1, 0.15) is 11.1 Å². The summed E-state index contributed by atoms with van der Waals surface area (Å²) in [5, 5.41) is 19.5. The number of aromatic nitrogens is 2. The van der Waals surface area contributed by atoms with Gasteiger partial charge in [0.15, 0.2) is 0 Å². The number of hydrogen-bond donors (Lipinski definition) is 2. The summed E-state index contributed by atoms with van der Waals surface area (Å²) in [6, 6.07) is 20.1. The van der Waals surface area contributed by atoms with Crippen LogP contribution in [0.5, 0.6) is 11.5 Å². The molecule has 8 heteroatoms. The van der Waals surface area contributed by atoms with Crippen molar-refractivity contribution < 1.29 is 19.5 Å². The first-order chi connectivity index (χ1) is 15.0. The van der Waals surface area contributed by atoms with Gasteiger partial charge in [-0.3, -0.25) is 9.48 Å². The molecular formula is C23H23BN2O5. The van der Waals surface area contributed by atoms with Crippen LogP contribution in [0.3, 0.4) is 0 Å². The Labute approximate surface area is 179 Å². The van der Waals surface area contributed by atoms with Gasteiger partial charge < -0.3 is 19.5 Å². The van der Waals surface area contributed by atoms with E-state index in [2.05, 4.69) is 0 Å². The van der Waals surface area contributed by atoms with Gasteiger partial charge in [0.2, 0.25) is 0 Å². The average molecular weight is 418 g/mol. The Balaban J connectivity index is 1.81. The van der Waals surface area contributed by atoms with Crippen molar-refractivity contribution in [2.45, 2.75) is 13.1 Å². The lowest BCUT2D eigenvalue weighted by Gasteiger charge is -2.14. The van der Waals surface area contributed by atoms with Crippen molar-refractivity contribution in [3.8, 4) is 11.5 Å². The minimum Gasteiger partial charge on any atom is -0.497 e. The van der Waals surface area contributed by atoms with E-state index in [1.165, 1.54) is 6.07 Å². The van der Waals surface area contributed by atoms with Gasteiger partial charge in [0, 0.05) is 0 Å². The molecule has 0 bridgehead atoms. The molecule has 2 N–H and O–H groups in total. The molecule has 3 aromatic carbocycles. The lowest BCUT2D eigenvalue weighted by Crippen LogP contribution is -2.29. The van der Waals surface area contributed by atoms with Gasteiger partial charge in [0.25, 0.3) is 5.56 Å². The quantitative estimate of drug-likeness (QED) is 0.446. The van der Waals surface area contributed by atoms with Crippen LogP contribution in [0.2, 0.25) is 0 Å². The van der Waals surface area contributed by atoms with E-state index in [0.717, 1.165) is 28.1 Å². The molecule has 0 spiro atoms. The van der Waals surface area contributed by atoms with Crippen molar-refractivity contribution in [3.63, 3.8) is 0 Å². The van der Waals surface area contributed by atoms with E-state index in [-0.39, 0.29) is 11.0 Å². The Bertz CT molecular complexity index is 1240. The van der Waals surface area contributed by atoms with Crippen molar-refractivity contribution in [1.29, 1.82) is 0 Å². The standard InChI is InChI=1S/C23H23BN2O5/c1-30-19-8-3-16(4-9-19)14-25-22-12-7-18(24(28)29)13-21(22)23(27)26(25)15-17-5-10-20(31-2)11-6-17/h3-13,28-29H,14-15H2,1-2H3. The van der Waals surface area contributed by atoms with Crippen molar-refractivity contribution in [3.05, 3.63) is 88.2 Å². The Morgan fingerprint density at radius 3 is 1.77 bits per heavy atom. The molecule has 0 aliphatic carbocycles. The highest BCUT2D eigenvalue weighted by molar-refractivity contribution is 6.58. The van der Waals surface area contributed by atoms with Crippen LogP contribution in [0.25, 0.3) is 10.9 Å². The fraction of sp³-hybridized carbons (Fsp3) is 0.174. The van der Waals surface area contributed by atoms with Gasteiger partial charge in [-0.25, -0.2) is 4.68 Å². The Morgan fingerprint density at radius 1 is 0.774 bits per heavy atom. The SMILES string of the molecule is COc1ccc(Cn2c(=O)c3cc(B(O)O)ccc3n2Cc2ccc(OC)cc2)cc1. The van der Waals surface area contributed by atoms with Crippen LogP contribution in [0.15, 0.2) is 71.5 Å². The van der Waals surface area contributed by atoms with Crippen LogP contribution in [-0.2, 0) is 13.1 Å². The number of nitrogens with zero attached hydrogens (tertiary/aromatic N) is 2. The topological polar surface area (TPSA) is 85.9 Å². The number of fused-ring (bicyclic) bond motifs is 1. The van der Waals surface area contributed by atoms with E-state index < -0.39 is 7.12 Å². The van der Waals surface area contributed by atoms with Gasteiger partial charge in [-0.05, 0) is 53.0 Å². The maximum atomic E-state index is 13.3. The van der Waals surface area contributed by atoms with E-state index in [1.807, 2.05) is 53.2 Å². The van der Waals surface area contributed by atoms with E-state index in [9.17, 15) is 14.8 Å². The molecule has 1 heterocycles. The summed E-state index contributed by atoms with van der Waals surface area (Å²) < 4.78 is 14.0. The number of ether oxygens (including phenoxy) is 2. The molecule has 0 amide bonds. The molecule has 0 radical (unpaired) electrons. The van der Waals surface area contributed by atoms with Gasteiger partial charge in [-0.1, -0.05) is 30.3 Å². The normalized spacial score (nSPS) is 11.0. The third-order valence-electron chi connectivity index (χ3n) is 5.34. The minimum atomic E-state index is -1.64. The predicted molar refractivity (Wildman–Crippen MR) is 120 cm³/mol. The highest BCUT2D eigenvalue weighted by Crippen LogP contribution is 2.18. The third kappa shape index (κ3) is 4.21. The average Bonchev–Trinajstić information content (AvgIpc) is 3.05. The van der Waals surface area contributed by atoms with Crippen LogP contribution >= 0.6 is 0 Å². The van der Waals surface area contributed by atoms with E-state index in [0.29, 0.717) is 18.5 Å². The summed E-state index contributed by atoms with van der Waals surface area (Å²) in [6.45, 7) is 0.838. The van der Waals surface area contributed by atoms with Crippen molar-refractivity contribution >= 4 is 23.5 Å². The number of benzene rings is 3. The Hall–Kier alpha value is -3.49. The van der Waals surface area contributed by atoms with Gasteiger partial charge in [0.05, 0.1) is 38.2 Å². The summed E-state index contributed by atoms with van der Waals surface area (Å²) in [4.78, 5) is 13.3. The second-order valence-corrected chi connectivity index (χ2v) is 7.27. The molecule has 1 aromatic heterocycles. The third-order valence-corrected chi connectivity index (χ3v) is 5.34. The van der Waals surface area contributed by atoms with E-state index in [1.54, 1.807) is 31.0 Å². The molecule has 0 aliphatic rings. The zero-order valence-corrected chi connectivity index (χ0v) is 17.4. The largest absolute Gasteiger partial charge is 0.497 e. The molecule has 0 aliphatic heterocycles. The predicted octanol–water partition coefficient (Wildman–Crippen LogP) is 1.60. The highest BCUT2D eigenvalue weighted by atomic mass is 16.5. The summed E-state index contributed by atoms with van der Waals surface area (Å²) in [7, 11) is 1.59. The minimum absolute atomic E-state index is 0.193. The fourth-order valence-corrected chi connectivity index (χ4v) is 3.62. The monoisotopic (exact) mass is 418 g/mol. The zero-order valence-electron chi connectivity index (χ0n) is 17.4. The van der Waals surface area contributed by atoms with E-state index >= 15 is 0 Å². The molecule has 0 saturated carbocycles. The van der Waals surface area contributed by atoms with Crippen molar-refractivity contribution in [2.24, 2.45) is 0 Å². The first kappa shape index (κ1) is 20.8. The smallest absolute Gasteiger partial charge is 0.488 e. The van der Waals surface area contributed by atoms with Crippen LogP contribution in [0, 0.1) is 0 Å². The van der Waals surface area contributed by atoms with Gasteiger partial charge in [-0.15, -0.1) is 0 Å². The summed E-state index contributed by atoms with van der Waals surface area (Å²) in [6.07, 6.45) is 0. The van der Waals surface area contributed by atoms with E-state index in [4.69, 9.17) is 9.47 Å². The number of methoxy groups -OCH3 is 2. The number of hydrogen-bond acceptors (Lipinski definition) is 5. The second kappa shape index (κ2) is 8.71. The fourth-order valence-electron chi connectivity index (χ4n) is 3.62. The van der Waals surface area contributed by atoms with Gasteiger partial charge in [0.1, 0.15) is 11.5 Å². The van der Waals surface area contributed by atoms with Gasteiger partial charge >= 0.3 is 7.12 Å². The molecule has 4 rings (SSSR count). The molecule has 0 unspecified atom stereocenters. The Morgan fingerprint density at radius 2 is 1.29 bits per heavy atom. The molecule has 158 valence electrons. The van der Waals surface area contributed by atoms with Gasteiger partial charge in [-0.2, -0.15) is 0 Å². The van der Waals surface area contributed by atoms with Crippen molar-refractivity contribution in [1.82, 2.24) is 9.36 Å². The number of rotatable bonds is 7. The molecule has 4 aromatic rings. The molecule has 0 saturated heterocycles. The van der Waals surface area contributed by atoms with Crippen molar-refractivity contribution in [2.75, 3.05) is 14.2 Å². The van der Waals surface area contributed by atoms with Crippen LogP contribution in [-0.4, -0.2) is 40.7 Å². The zero-order chi connectivity index (χ0) is 22.0. The van der Waals surface area contributed by atoms with Crippen LogP contribution in [0.4, 0.5) is 0 Å². The molecular weight excluding hydrogens is 395 g/mol.